The lowest BCUT2D eigenvalue weighted by Crippen LogP contribution is -2.42. The lowest BCUT2D eigenvalue weighted by molar-refractivity contribution is -0.144. The molecule has 0 bridgehead atoms. The van der Waals surface area contributed by atoms with Crippen molar-refractivity contribution in [2.75, 3.05) is 25.0 Å². The number of carboxylic acid groups (broad SMARTS) is 1. The van der Waals surface area contributed by atoms with E-state index in [4.69, 9.17) is 5.11 Å². The number of likely N-dealkylation sites (tertiary alicyclic amines) is 1. The van der Waals surface area contributed by atoms with Crippen LogP contribution in [0.15, 0.2) is 18.2 Å². The van der Waals surface area contributed by atoms with Crippen molar-refractivity contribution in [2.45, 2.75) is 26.7 Å². The minimum atomic E-state index is -0.769. The number of piperidine rings is 1. The van der Waals surface area contributed by atoms with E-state index in [1.54, 1.807) is 0 Å². The Bertz CT molecular complexity index is 528. The number of benzene rings is 1. The average molecular weight is 327 g/mol. The highest BCUT2D eigenvalue weighted by atomic mass is 35.5. The van der Waals surface area contributed by atoms with Gasteiger partial charge in [0.1, 0.15) is 0 Å². The Labute approximate surface area is 137 Å². The van der Waals surface area contributed by atoms with E-state index in [1.807, 2.05) is 30.9 Å². The number of aliphatic carboxylic acids is 1. The molecule has 2 rings (SSSR count). The molecular formula is C16H23ClN2O3. The number of amides is 1. The van der Waals surface area contributed by atoms with Gasteiger partial charge in [-0.05, 0) is 56.5 Å². The smallest absolute Gasteiger partial charge is 0.307 e. The van der Waals surface area contributed by atoms with Crippen LogP contribution in [0.5, 0.6) is 0 Å². The van der Waals surface area contributed by atoms with Gasteiger partial charge in [0.2, 0.25) is 5.91 Å². The molecule has 0 aliphatic carbocycles. The Kier molecular flexibility index (Phi) is 6.84. The fraction of sp³-hybridized carbons (Fsp3) is 0.500. The minimum absolute atomic E-state index is 0. The molecule has 1 atom stereocenters. The molecule has 0 aromatic heterocycles. The van der Waals surface area contributed by atoms with E-state index in [1.165, 1.54) is 0 Å². The number of nitrogens with zero attached hydrogens (tertiary/aromatic N) is 1. The van der Waals surface area contributed by atoms with Gasteiger partial charge in [0.05, 0.1) is 12.5 Å². The first-order chi connectivity index (χ1) is 9.94. The predicted molar refractivity (Wildman–Crippen MR) is 88.6 cm³/mol. The zero-order valence-corrected chi connectivity index (χ0v) is 13.8. The summed E-state index contributed by atoms with van der Waals surface area (Å²) < 4.78 is 0. The molecule has 22 heavy (non-hydrogen) atoms. The highest BCUT2D eigenvalue weighted by molar-refractivity contribution is 5.92. The number of hydrogen-bond acceptors (Lipinski definition) is 3. The maximum Gasteiger partial charge on any atom is 0.307 e. The van der Waals surface area contributed by atoms with E-state index >= 15 is 0 Å². The molecule has 1 fully saturated rings. The number of carbonyl (C=O) groups excluding carboxylic acids is 1. The van der Waals surface area contributed by atoms with Crippen LogP contribution in [0.2, 0.25) is 0 Å². The molecule has 0 saturated carbocycles. The second-order valence-electron chi connectivity index (χ2n) is 5.84. The van der Waals surface area contributed by atoms with Gasteiger partial charge in [-0.15, -0.1) is 12.4 Å². The van der Waals surface area contributed by atoms with Gasteiger partial charge in [0.15, 0.2) is 0 Å². The largest absolute Gasteiger partial charge is 0.481 e. The summed E-state index contributed by atoms with van der Waals surface area (Å²) in [7, 11) is 0. The van der Waals surface area contributed by atoms with Gasteiger partial charge in [-0.1, -0.05) is 6.07 Å². The van der Waals surface area contributed by atoms with Crippen LogP contribution >= 0.6 is 12.4 Å². The lowest BCUT2D eigenvalue weighted by Gasteiger charge is -2.29. The zero-order chi connectivity index (χ0) is 15.4. The number of carbonyl (C=O) groups is 2. The fourth-order valence-electron chi connectivity index (χ4n) is 2.85. The predicted octanol–water partition coefficient (Wildman–Crippen LogP) is 2.46. The van der Waals surface area contributed by atoms with Crippen LogP contribution in [0.3, 0.4) is 0 Å². The van der Waals surface area contributed by atoms with E-state index in [2.05, 4.69) is 11.4 Å². The van der Waals surface area contributed by atoms with Gasteiger partial charge in [-0.2, -0.15) is 0 Å². The monoisotopic (exact) mass is 326 g/mol. The van der Waals surface area contributed by atoms with Crippen LogP contribution in [0.25, 0.3) is 0 Å². The maximum atomic E-state index is 12.1. The Morgan fingerprint density at radius 3 is 2.50 bits per heavy atom. The second kappa shape index (κ2) is 8.15. The summed E-state index contributed by atoms with van der Waals surface area (Å²) in [5.74, 6) is -1.21. The molecule has 5 nitrogen and oxygen atoms in total. The summed E-state index contributed by atoms with van der Waals surface area (Å²) in [6.07, 6.45) is 1.53. The summed E-state index contributed by atoms with van der Waals surface area (Å²) in [5.41, 5.74) is 3.01. The molecule has 2 N–H and O–H groups in total. The molecule has 0 radical (unpaired) electrons. The van der Waals surface area contributed by atoms with Crippen molar-refractivity contribution < 1.29 is 14.7 Å². The third kappa shape index (κ3) is 5.31. The highest BCUT2D eigenvalue weighted by Crippen LogP contribution is 2.17. The number of hydrogen-bond donors (Lipinski definition) is 2. The molecule has 1 aromatic carbocycles. The van der Waals surface area contributed by atoms with E-state index in [0.29, 0.717) is 13.0 Å². The van der Waals surface area contributed by atoms with Crippen LogP contribution in [0.1, 0.15) is 24.0 Å². The quantitative estimate of drug-likeness (QED) is 0.891. The fourth-order valence-corrected chi connectivity index (χ4v) is 2.85. The second-order valence-corrected chi connectivity index (χ2v) is 5.84. The van der Waals surface area contributed by atoms with Crippen LogP contribution in [0, 0.1) is 19.8 Å². The number of carboxylic acids is 1. The molecule has 0 spiro atoms. The molecule has 1 aromatic rings. The van der Waals surface area contributed by atoms with Crippen LogP contribution < -0.4 is 5.32 Å². The summed E-state index contributed by atoms with van der Waals surface area (Å²) >= 11 is 0. The molecule has 1 unspecified atom stereocenters. The Balaban J connectivity index is 0.00000242. The maximum absolute atomic E-state index is 12.1. The summed E-state index contributed by atoms with van der Waals surface area (Å²) in [6.45, 7) is 5.46. The Morgan fingerprint density at radius 1 is 1.27 bits per heavy atom. The highest BCUT2D eigenvalue weighted by Gasteiger charge is 2.26. The van der Waals surface area contributed by atoms with E-state index in [9.17, 15) is 9.59 Å². The molecule has 1 aliphatic heterocycles. The van der Waals surface area contributed by atoms with Crippen LogP contribution in [0.4, 0.5) is 5.69 Å². The van der Waals surface area contributed by atoms with Gasteiger partial charge in [0, 0.05) is 12.2 Å². The molecule has 122 valence electrons. The van der Waals surface area contributed by atoms with Crippen LogP contribution in [-0.4, -0.2) is 41.5 Å². The SMILES string of the molecule is Cc1cc(C)cc(NC(=O)CN2CCCC(C(=O)O)C2)c1.Cl. The summed E-state index contributed by atoms with van der Waals surface area (Å²) in [4.78, 5) is 25.0. The first-order valence-electron chi connectivity index (χ1n) is 7.27. The normalized spacial score (nSPS) is 18.4. The van der Waals surface area contributed by atoms with Gasteiger partial charge < -0.3 is 10.4 Å². The van der Waals surface area contributed by atoms with Crippen molar-refractivity contribution in [3.8, 4) is 0 Å². The number of halogens is 1. The van der Waals surface area contributed by atoms with Crippen molar-refractivity contribution in [1.82, 2.24) is 4.90 Å². The molecule has 1 aliphatic rings. The molecule has 1 heterocycles. The Hall–Kier alpha value is -1.59. The molecule has 1 saturated heterocycles. The van der Waals surface area contributed by atoms with Crippen molar-refractivity contribution in [1.29, 1.82) is 0 Å². The molecule has 6 heteroatoms. The Morgan fingerprint density at radius 2 is 1.91 bits per heavy atom. The van der Waals surface area contributed by atoms with Crippen molar-refractivity contribution >= 4 is 30.0 Å². The molecule has 1 amide bonds. The summed E-state index contributed by atoms with van der Waals surface area (Å²) in [5, 5.41) is 11.9. The van der Waals surface area contributed by atoms with E-state index in [-0.39, 0.29) is 30.8 Å². The standard InChI is InChI=1S/C16H22N2O3.ClH/c1-11-6-12(2)8-14(7-11)17-15(19)10-18-5-3-4-13(9-18)16(20)21;/h6-8,13H,3-5,9-10H2,1-2H3,(H,17,19)(H,20,21);1H. The average Bonchev–Trinajstić information content (AvgIpc) is 2.37. The number of anilines is 1. The number of aryl methyl sites for hydroxylation is 2. The van der Waals surface area contributed by atoms with Gasteiger partial charge in [-0.3, -0.25) is 14.5 Å². The van der Waals surface area contributed by atoms with Crippen molar-refractivity contribution in [2.24, 2.45) is 5.92 Å². The topological polar surface area (TPSA) is 69.6 Å². The lowest BCUT2D eigenvalue weighted by atomic mass is 9.98. The number of rotatable bonds is 4. The van der Waals surface area contributed by atoms with Gasteiger partial charge in [-0.25, -0.2) is 0 Å². The van der Waals surface area contributed by atoms with Crippen LogP contribution in [-0.2, 0) is 9.59 Å². The van der Waals surface area contributed by atoms with E-state index < -0.39 is 5.97 Å². The van der Waals surface area contributed by atoms with Gasteiger partial charge >= 0.3 is 5.97 Å². The summed E-state index contributed by atoms with van der Waals surface area (Å²) in [6, 6.07) is 5.92. The minimum Gasteiger partial charge on any atom is -0.481 e. The third-order valence-electron chi connectivity index (χ3n) is 3.73. The third-order valence-corrected chi connectivity index (χ3v) is 3.73. The zero-order valence-electron chi connectivity index (χ0n) is 13.0. The first kappa shape index (κ1) is 18.5. The number of nitrogens with one attached hydrogen (secondary N) is 1. The van der Waals surface area contributed by atoms with Gasteiger partial charge in [0.25, 0.3) is 0 Å². The molecular weight excluding hydrogens is 304 g/mol. The first-order valence-corrected chi connectivity index (χ1v) is 7.27. The van der Waals surface area contributed by atoms with Crippen molar-refractivity contribution in [3.63, 3.8) is 0 Å². The van der Waals surface area contributed by atoms with E-state index in [0.717, 1.165) is 29.8 Å². The van der Waals surface area contributed by atoms with Crippen molar-refractivity contribution in [3.05, 3.63) is 29.3 Å².